The van der Waals surface area contributed by atoms with Crippen LogP contribution in [0.1, 0.15) is 32.1 Å². The topological polar surface area (TPSA) is 43.8 Å². The zero-order valence-corrected chi connectivity index (χ0v) is 13.3. The van der Waals surface area contributed by atoms with Crippen molar-refractivity contribution < 1.29 is 9.90 Å². The highest BCUT2D eigenvalue weighted by molar-refractivity contribution is 5.74. The molecule has 4 nitrogen and oxygen atoms in total. The summed E-state index contributed by atoms with van der Waals surface area (Å²) in [5.41, 5.74) is 1.19. The third kappa shape index (κ3) is 3.12. The molecular formula is C18H26N2O2. The second-order valence-corrected chi connectivity index (χ2v) is 6.70. The van der Waals surface area contributed by atoms with Crippen molar-refractivity contribution in [2.75, 3.05) is 25.0 Å². The number of carbonyl (C=O) groups is 1. The summed E-state index contributed by atoms with van der Waals surface area (Å²) in [5.74, 6) is -0.0476. The van der Waals surface area contributed by atoms with E-state index in [0.717, 1.165) is 19.5 Å². The average Bonchev–Trinajstić information content (AvgIpc) is 2.92. The van der Waals surface area contributed by atoms with Crippen molar-refractivity contribution in [2.24, 2.45) is 5.92 Å². The highest BCUT2D eigenvalue weighted by Gasteiger charge is 2.44. The molecule has 0 amide bonds. The number of likely N-dealkylation sites (tertiary alicyclic amines) is 1. The van der Waals surface area contributed by atoms with Crippen LogP contribution >= 0.6 is 0 Å². The van der Waals surface area contributed by atoms with Crippen LogP contribution in [-0.4, -0.2) is 48.2 Å². The van der Waals surface area contributed by atoms with E-state index in [0.29, 0.717) is 12.0 Å². The summed E-state index contributed by atoms with van der Waals surface area (Å²) in [6.45, 7) is 1.71. The molecule has 4 heteroatoms. The third-order valence-electron chi connectivity index (χ3n) is 5.40. The van der Waals surface area contributed by atoms with E-state index < -0.39 is 5.97 Å². The third-order valence-corrected chi connectivity index (χ3v) is 5.40. The van der Waals surface area contributed by atoms with E-state index in [1.54, 1.807) is 0 Å². The minimum atomic E-state index is -0.642. The number of rotatable bonds is 5. The van der Waals surface area contributed by atoms with Gasteiger partial charge < -0.3 is 10.0 Å². The first-order valence-electron chi connectivity index (χ1n) is 8.41. The first-order valence-corrected chi connectivity index (χ1v) is 8.41. The van der Waals surface area contributed by atoms with Crippen molar-refractivity contribution in [3.8, 4) is 0 Å². The van der Waals surface area contributed by atoms with Crippen molar-refractivity contribution in [3.63, 3.8) is 0 Å². The molecule has 3 unspecified atom stereocenters. The Balaban J connectivity index is 1.65. The molecule has 1 aliphatic carbocycles. The smallest absolute Gasteiger partial charge is 0.320 e. The van der Waals surface area contributed by atoms with Gasteiger partial charge in [0.1, 0.15) is 6.04 Å². The summed E-state index contributed by atoms with van der Waals surface area (Å²) >= 11 is 0. The molecule has 0 radical (unpaired) electrons. The molecule has 1 aromatic rings. The zero-order valence-electron chi connectivity index (χ0n) is 13.3. The maximum absolute atomic E-state index is 11.6. The van der Waals surface area contributed by atoms with E-state index in [1.165, 1.54) is 31.4 Å². The van der Waals surface area contributed by atoms with Gasteiger partial charge in [0, 0.05) is 31.9 Å². The number of nitrogens with zero attached hydrogens (tertiary/aromatic N) is 2. The molecule has 0 spiro atoms. The summed E-state index contributed by atoms with van der Waals surface area (Å²) in [4.78, 5) is 16.1. The minimum Gasteiger partial charge on any atom is -0.480 e. The van der Waals surface area contributed by atoms with Crippen LogP contribution in [0.25, 0.3) is 0 Å². The van der Waals surface area contributed by atoms with Gasteiger partial charge in [-0.05, 0) is 37.3 Å². The SMILES string of the molecule is CN(CCN1C(C(=O)O)CC2CCCCC21)c1ccccc1. The Morgan fingerprint density at radius 1 is 1.27 bits per heavy atom. The Morgan fingerprint density at radius 2 is 2.00 bits per heavy atom. The number of para-hydroxylation sites is 1. The number of hydrogen-bond acceptors (Lipinski definition) is 3. The van der Waals surface area contributed by atoms with Crippen molar-refractivity contribution in [1.82, 2.24) is 4.90 Å². The molecule has 3 rings (SSSR count). The molecule has 1 N–H and O–H groups in total. The highest BCUT2D eigenvalue weighted by atomic mass is 16.4. The van der Waals surface area contributed by atoms with Gasteiger partial charge in [0.25, 0.3) is 0 Å². The average molecular weight is 302 g/mol. The lowest BCUT2D eigenvalue weighted by molar-refractivity contribution is -0.142. The molecule has 1 aromatic carbocycles. The van der Waals surface area contributed by atoms with Gasteiger partial charge in [-0.3, -0.25) is 9.69 Å². The molecule has 1 saturated carbocycles. The van der Waals surface area contributed by atoms with Crippen molar-refractivity contribution >= 4 is 11.7 Å². The Hall–Kier alpha value is -1.55. The van der Waals surface area contributed by atoms with Crippen LogP contribution in [0, 0.1) is 5.92 Å². The van der Waals surface area contributed by atoms with Crippen LogP contribution in [0.2, 0.25) is 0 Å². The van der Waals surface area contributed by atoms with Crippen LogP contribution in [0.4, 0.5) is 5.69 Å². The molecule has 1 heterocycles. The van der Waals surface area contributed by atoms with E-state index in [9.17, 15) is 9.90 Å². The predicted octanol–water partition coefficient (Wildman–Crippen LogP) is 2.84. The van der Waals surface area contributed by atoms with Crippen molar-refractivity contribution in [3.05, 3.63) is 30.3 Å². The van der Waals surface area contributed by atoms with Gasteiger partial charge in [0.05, 0.1) is 0 Å². The number of aliphatic carboxylic acids is 1. The van der Waals surface area contributed by atoms with Crippen LogP contribution < -0.4 is 4.90 Å². The molecule has 2 fully saturated rings. The van der Waals surface area contributed by atoms with Crippen LogP contribution in [-0.2, 0) is 4.79 Å². The summed E-state index contributed by atoms with van der Waals surface area (Å²) in [6, 6.07) is 10.5. The Bertz CT molecular complexity index is 505. The van der Waals surface area contributed by atoms with Crippen LogP contribution in [0.3, 0.4) is 0 Å². The number of anilines is 1. The molecule has 2 aliphatic rings. The van der Waals surface area contributed by atoms with Gasteiger partial charge >= 0.3 is 5.97 Å². The lowest BCUT2D eigenvalue weighted by Crippen LogP contribution is -2.45. The number of carboxylic acids is 1. The number of fused-ring (bicyclic) bond motifs is 1. The fourth-order valence-corrected chi connectivity index (χ4v) is 4.19. The second kappa shape index (κ2) is 6.69. The quantitative estimate of drug-likeness (QED) is 0.908. The molecule has 0 aromatic heterocycles. The number of benzene rings is 1. The first kappa shape index (κ1) is 15.3. The maximum Gasteiger partial charge on any atom is 0.320 e. The summed E-state index contributed by atoms with van der Waals surface area (Å²) < 4.78 is 0. The lowest BCUT2D eigenvalue weighted by atomic mass is 9.85. The number of carboxylic acid groups (broad SMARTS) is 1. The highest BCUT2D eigenvalue weighted by Crippen LogP contribution is 2.39. The van der Waals surface area contributed by atoms with Gasteiger partial charge in [0.2, 0.25) is 0 Å². The second-order valence-electron chi connectivity index (χ2n) is 6.70. The Morgan fingerprint density at radius 3 is 2.73 bits per heavy atom. The van der Waals surface area contributed by atoms with Gasteiger partial charge in [-0.15, -0.1) is 0 Å². The number of likely N-dealkylation sites (N-methyl/N-ethyl adjacent to an activating group) is 1. The van der Waals surface area contributed by atoms with Gasteiger partial charge in [-0.2, -0.15) is 0 Å². The molecule has 1 aliphatic heterocycles. The van der Waals surface area contributed by atoms with Crippen LogP contribution in [0.15, 0.2) is 30.3 Å². The fourth-order valence-electron chi connectivity index (χ4n) is 4.19. The van der Waals surface area contributed by atoms with Crippen molar-refractivity contribution in [2.45, 2.75) is 44.2 Å². The minimum absolute atomic E-state index is 0.280. The first-order chi connectivity index (χ1) is 10.7. The summed E-state index contributed by atoms with van der Waals surface area (Å²) in [7, 11) is 2.08. The lowest BCUT2D eigenvalue weighted by Gasteiger charge is -2.34. The van der Waals surface area contributed by atoms with E-state index in [-0.39, 0.29) is 6.04 Å². The predicted molar refractivity (Wildman–Crippen MR) is 88.2 cm³/mol. The number of hydrogen-bond donors (Lipinski definition) is 1. The normalized spacial score (nSPS) is 28.3. The standard InChI is InChI=1S/C18H26N2O2/c1-19(15-8-3-2-4-9-15)11-12-20-16-10-6-5-7-14(16)13-17(20)18(21)22/h2-4,8-9,14,16-17H,5-7,10-13H2,1H3,(H,21,22). The molecule has 0 bridgehead atoms. The van der Waals surface area contributed by atoms with Gasteiger partial charge in [-0.1, -0.05) is 31.0 Å². The van der Waals surface area contributed by atoms with E-state index in [4.69, 9.17) is 0 Å². The largest absolute Gasteiger partial charge is 0.480 e. The molecule has 1 saturated heterocycles. The monoisotopic (exact) mass is 302 g/mol. The summed E-state index contributed by atoms with van der Waals surface area (Å²) in [5, 5.41) is 9.56. The van der Waals surface area contributed by atoms with Crippen LogP contribution in [0.5, 0.6) is 0 Å². The molecule has 120 valence electrons. The van der Waals surface area contributed by atoms with Gasteiger partial charge in [0.15, 0.2) is 0 Å². The molecular weight excluding hydrogens is 276 g/mol. The van der Waals surface area contributed by atoms with E-state index in [1.807, 2.05) is 18.2 Å². The Kier molecular flexibility index (Phi) is 4.67. The molecule has 3 atom stereocenters. The fraction of sp³-hybridized carbons (Fsp3) is 0.611. The van der Waals surface area contributed by atoms with E-state index in [2.05, 4.69) is 29.0 Å². The van der Waals surface area contributed by atoms with Crippen molar-refractivity contribution in [1.29, 1.82) is 0 Å². The maximum atomic E-state index is 11.6. The van der Waals surface area contributed by atoms with E-state index >= 15 is 0 Å². The molecule has 22 heavy (non-hydrogen) atoms. The van der Waals surface area contributed by atoms with Gasteiger partial charge in [-0.25, -0.2) is 0 Å². The Labute approximate surface area is 132 Å². The zero-order chi connectivity index (χ0) is 15.5. The summed E-state index contributed by atoms with van der Waals surface area (Å²) in [6.07, 6.45) is 5.74.